The summed E-state index contributed by atoms with van der Waals surface area (Å²) in [7, 11) is 0. The smallest absolute Gasteiger partial charge is 0.258 e. The number of hydrogen-bond donors (Lipinski definition) is 1. The van der Waals surface area contributed by atoms with E-state index in [1.54, 1.807) is 18.6 Å². The predicted octanol–water partition coefficient (Wildman–Crippen LogP) is -0.0117. The summed E-state index contributed by atoms with van der Waals surface area (Å²) in [5.74, 6) is 0. The highest BCUT2D eigenvalue weighted by Crippen LogP contribution is 1.98. The van der Waals surface area contributed by atoms with E-state index in [0.717, 1.165) is 0 Å². The van der Waals surface area contributed by atoms with Crippen LogP contribution in [0.1, 0.15) is 0 Å². The zero-order valence-electron chi connectivity index (χ0n) is 6.27. The quantitative estimate of drug-likeness (QED) is 0.547. The summed E-state index contributed by atoms with van der Waals surface area (Å²) in [6.45, 7) is 0.469. The van der Waals surface area contributed by atoms with Gasteiger partial charge in [-0.1, -0.05) is 0 Å². The van der Waals surface area contributed by atoms with E-state index in [0.29, 0.717) is 6.67 Å². The summed E-state index contributed by atoms with van der Waals surface area (Å²) < 4.78 is 1.41. The number of carbonyl (C=O) groups is 1. The maximum absolute atomic E-state index is 11.4. The van der Waals surface area contributed by atoms with Crippen LogP contribution in [0.25, 0.3) is 0 Å². The van der Waals surface area contributed by atoms with Gasteiger partial charge in [0.1, 0.15) is 13.0 Å². The van der Waals surface area contributed by atoms with Crippen molar-refractivity contribution in [2.45, 2.75) is 0 Å². The first-order valence-corrected chi connectivity index (χ1v) is 3.48. The number of hydrogen-bond acceptors (Lipinski definition) is 3. The number of aromatic nitrogens is 2. The van der Waals surface area contributed by atoms with Crippen molar-refractivity contribution in [1.29, 1.82) is 0 Å². The van der Waals surface area contributed by atoms with Crippen molar-refractivity contribution >= 4 is 6.03 Å². The molecule has 0 fully saturated rings. The van der Waals surface area contributed by atoms with Gasteiger partial charge in [-0.25, -0.2) is 14.7 Å². The summed E-state index contributed by atoms with van der Waals surface area (Å²) in [4.78, 5) is 16.7. The molecule has 12 heavy (non-hydrogen) atoms. The summed E-state index contributed by atoms with van der Waals surface area (Å²) in [6.07, 6.45) is 8.92. The van der Waals surface area contributed by atoms with Crippen LogP contribution in [-0.4, -0.2) is 27.2 Å². The van der Waals surface area contributed by atoms with E-state index in [1.807, 2.05) is 0 Å². The number of carbonyl (C=O) groups excluding carboxylic acids is 1. The molecule has 0 aromatic carbocycles. The molecule has 0 bridgehead atoms. The number of nitrogens with zero attached hydrogens (tertiary/aromatic N) is 3. The second kappa shape index (κ2) is 2.64. The highest BCUT2D eigenvalue weighted by molar-refractivity contribution is 5.77. The Morgan fingerprint density at radius 1 is 1.67 bits per heavy atom. The third-order valence-electron chi connectivity index (χ3n) is 1.54. The molecule has 2 heterocycles. The van der Waals surface area contributed by atoms with Gasteiger partial charge in [0.05, 0.1) is 0 Å². The minimum atomic E-state index is -0.134. The second-order valence-electron chi connectivity index (χ2n) is 2.33. The van der Waals surface area contributed by atoms with Crippen molar-refractivity contribution in [1.82, 2.24) is 19.8 Å². The van der Waals surface area contributed by atoms with Gasteiger partial charge in [-0.15, -0.1) is 0 Å². The molecular weight excluding hydrogens is 156 g/mol. The maximum atomic E-state index is 11.4. The molecule has 1 N–H and O–H groups in total. The molecule has 0 atom stereocenters. The Kier molecular flexibility index (Phi) is 1.50. The van der Waals surface area contributed by atoms with Crippen LogP contribution in [0, 0.1) is 6.20 Å². The molecule has 0 saturated heterocycles. The second-order valence-corrected chi connectivity index (χ2v) is 2.33. The Labute approximate surface area is 69.3 Å². The Bertz CT molecular complexity index is 303. The van der Waals surface area contributed by atoms with Gasteiger partial charge in [0.25, 0.3) is 6.20 Å². The molecule has 5 heteroatoms. The Morgan fingerprint density at radius 3 is 3.17 bits per heavy atom. The molecule has 2 rings (SSSR count). The molecule has 1 aliphatic rings. The Morgan fingerprint density at radius 2 is 2.58 bits per heavy atom. The number of rotatable bonds is 0. The summed E-state index contributed by atoms with van der Waals surface area (Å²) in [6, 6.07) is -0.134. The lowest BCUT2D eigenvalue weighted by molar-refractivity contribution is 0.218. The van der Waals surface area contributed by atoms with E-state index < -0.39 is 0 Å². The van der Waals surface area contributed by atoms with Crippen LogP contribution in [0.4, 0.5) is 4.79 Å². The van der Waals surface area contributed by atoms with Gasteiger partial charge in [0.2, 0.25) is 0 Å². The normalized spacial score (nSPS) is 14.2. The van der Waals surface area contributed by atoms with Gasteiger partial charge >= 0.3 is 12.2 Å². The largest absolute Gasteiger partial charge is 0.389 e. The average molecular weight is 163 g/mol. The minimum Gasteiger partial charge on any atom is -0.258 e. The number of amides is 1. The van der Waals surface area contributed by atoms with Gasteiger partial charge in [-0.3, -0.25) is 4.57 Å². The lowest BCUT2D eigenvalue weighted by Gasteiger charge is -2.07. The van der Waals surface area contributed by atoms with Gasteiger partial charge in [-0.2, -0.15) is 5.32 Å². The SMILES string of the molecule is O=C(N1C=[C+]NC1)n1ccnc1. The zero-order chi connectivity index (χ0) is 8.39. The Hall–Kier alpha value is -1.87. The first-order valence-electron chi connectivity index (χ1n) is 3.48. The molecule has 1 aromatic rings. The van der Waals surface area contributed by atoms with E-state index >= 15 is 0 Å². The van der Waals surface area contributed by atoms with Crippen molar-refractivity contribution in [3.63, 3.8) is 0 Å². The van der Waals surface area contributed by atoms with Crippen LogP contribution < -0.4 is 5.32 Å². The standard InChI is InChI=1S/C7H7N4O/c12-7(10-3-1-8-5-10)11-4-2-9-6-11/h1,3-5,9H,6H2/q+1. The van der Waals surface area contributed by atoms with Crippen LogP contribution in [0.2, 0.25) is 0 Å². The lowest BCUT2D eigenvalue weighted by Crippen LogP contribution is -2.30. The van der Waals surface area contributed by atoms with Gasteiger partial charge < -0.3 is 0 Å². The fraction of sp³-hybridized carbons (Fsp3) is 0.143. The van der Waals surface area contributed by atoms with E-state index in [2.05, 4.69) is 16.5 Å². The third kappa shape index (κ3) is 1.02. The molecule has 0 unspecified atom stereocenters. The lowest BCUT2D eigenvalue weighted by atomic mass is 10.7. The van der Waals surface area contributed by atoms with Crippen molar-refractivity contribution < 1.29 is 4.79 Å². The van der Waals surface area contributed by atoms with Crippen LogP contribution in [0.5, 0.6) is 0 Å². The monoisotopic (exact) mass is 163 g/mol. The average Bonchev–Trinajstić information content (AvgIpc) is 2.77. The van der Waals surface area contributed by atoms with Gasteiger partial charge in [-0.05, 0) is 0 Å². The fourth-order valence-corrected chi connectivity index (χ4v) is 0.943. The molecule has 1 amide bonds. The first-order chi connectivity index (χ1) is 5.88. The molecule has 0 radical (unpaired) electrons. The Balaban J connectivity index is 2.15. The van der Waals surface area contributed by atoms with Crippen LogP contribution in [0.3, 0.4) is 0 Å². The van der Waals surface area contributed by atoms with E-state index in [4.69, 9.17) is 0 Å². The summed E-state index contributed by atoms with van der Waals surface area (Å²) in [5.41, 5.74) is 0. The molecule has 0 aliphatic carbocycles. The van der Waals surface area contributed by atoms with Crippen molar-refractivity contribution in [2.75, 3.05) is 6.67 Å². The molecule has 0 saturated carbocycles. The zero-order valence-corrected chi connectivity index (χ0v) is 6.27. The maximum Gasteiger partial charge on any atom is 0.389 e. The molecule has 60 valence electrons. The summed E-state index contributed by atoms with van der Waals surface area (Å²) >= 11 is 0. The third-order valence-corrected chi connectivity index (χ3v) is 1.54. The van der Waals surface area contributed by atoms with Crippen LogP contribution in [-0.2, 0) is 0 Å². The molecular formula is C7H7N4O+. The molecule has 1 aliphatic heterocycles. The van der Waals surface area contributed by atoms with Crippen LogP contribution >= 0.6 is 0 Å². The molecule has 0 spiro atoms. The van der Waals surface area contributed by atoms with Gasteiger partial charge in [0.15, 0.2) is 0 Å². The van der Waals surface area contributed by atoms with E-state index in [9.17, 15) is 4.79 Å². The topological polar surface area (TPSA) is 50.2 Å². The van der Waals surface area contributed by atoms with E-state index in [1.165, 1.54) is 15.8 Å². The predicted molar refractivity (Wildman–Crippen MR) is 40.7 cm³/mol. The first kappa shape index (κ1) is 6.82. The van der Waals surface area contributed by atoms with Crippen molar-refractivity contribution in [2.24, 2.45) is 0 Å². The highest BCUT2D eigenvalue weighted by Gasteiger charge is 2.22. The van der Waals surface area contributed by atoms with Crippen molar-refractivity contribution in [3.8, 4) is 0 Å². The number of imidazole rings is 1. The number of nitrogens with one attached hydrogen (secondary N) is 1. The highest BCUT2D eigenvalue weighted by atomic mass is 16.2. The summed E-state index contributed by atoms with van der Waals surface area (Å²) in [5, 5.41) is 2.78. The fourth-order valence-electron chi connectivity index (χ4n) is 0.943. The van der Waals surface area contributed by atoms with E-state index in [-0.39, 0.29) is 6.03 Å². The van der Waals surface area contributed by atoms with Crippen molar-refractivity contribution in [3.05, 3.63) is 31.1 Å². The minimum absolute atomic E-state index is 0.134. The van der Waals surface area contributed by atoms with Crippen LogP contribution in [0.15, 0.2) is 24.9 Å². The van der Waals surface area contributed by atoms with Gasteiger partial charge in [0, 0.05) is 12.4 Å². The molecule has 1 aromatic heterocycles. The molecule has 5 nitrogen and oxygen atoms in total.